The lowest BCUT2D eigenvalue weighted by Gasteiger charge is -2.37. The van der Waals surface area contributed by atoms with Gasteiger partial charge in [-0.15, -0.1) is 0 Å². The van der Waals surface area contributed by atoms with E-state index in [4.69, 9.17) is 4.74 Å². The molecule has 2 amide bonds. The molecule has 0 unspecified atom stereocenters. The van der Waals surface area contributed by atoms with E-state index in [0.29, 0.717) is 17.4 Å². The molecule has 4 aliphatic carbocycles. The van der Waals surface area contributed by atoms with Crippen molar-refractivity contribution in [3.8, 4) is 0 Å². The number of nitrogens with zero attached hydrogens (tertiary/aromatic N) is 1. The number of esters is 1. The highest BCUT2D eigenvalue weighted by Crippen LogP contribution is 2.65. The van der Waals surface area contributed by atoms with Crippen LogP contribution >= 0.6 is 0 Å². The van der Waals surface area contributed by atoms with Crippen LogP contribution in [0.25, 0.3) is 0 Å². The number of benzene rings is 1. The molecule has 1 heterocycles. The molecule has 6 heteroatoms. The molecule has 2 saturated carbocycles. The summed E-state index contributed by atoms with van der Waals surface area (Å²) >= 11 is 0. The van der Waals surface area contributed by atoms with Gasteiger partial charge in [-0.3, -0.25) is 19.3 Å². The first kappa shape index (κ1) is 18.3. The largest absolute Gasteiger partial charge is 0.456 e. The number of likely N-dealkylation sites (tertiary alicyclic amines) is 1. The van der Waals surface area contributed by atoms with Gasteiger partial charge < -0.3 is 4.74 Å². The molecule has 1 aromatic rings. The van der Waals surface area contributed by atoms with Gasteiger partial charge in [-0.1, -0.05) is 42.0 Å². The fourth-order valence-electron chi connectivity index (χ4n) is 5.55. The van der Waals surface area contributed by atoms with Crippen molar-refractivity contribution in [3.63, 3.8) is 0 Å². The quantitative estimate of drug-likeness (QED) is 0.331. The number of ketones is 1. The molecule has 3 fully saturated rings. The van der Waals surface area contributed by atoms with E-state index in [-0.39, 0.29) is 41.3 Å². The van der Waals surface area contributed by atoms with Crippen LogP contribution in [-0.2, 0) is 19.1 Å². The zero-order valence-corrected chi connectivity index (χ0v) is 16.4. The molecular weight excluding hydrogens is 370 g/mol. The minimum atomic E-state index is -1.03. The zero-order chi connectivity index (χ0) is 20.4. The number of ether oxygens (including phenoxy) is 1. The summed E-state index contributed by atoms with van der Waals surface area (Å²) in [5.74, 6) is -1.01. The molecule has 7 atom stereocenters. The number of allylic oxidation sites excluding steroid dienone is 2. The van der Waals surface area contributed by atoms with Crippen molar-refractivity contribution in [1.82, 2.24) is 4.90 Å². The molecule has 5 aliphatic rings. The minimum absolute atomic E-state index is 0.114. The third-order valence-corrected chi connectivity index (χ3v) is 7.14. The number of Topliss-reactive ketones (excluding diaryl/α,β-unsaturated/α-hetero) is 1. The van der Waals surface area contributed by atoms with E-state index in [9.17, 15) is 19.2 Å². The van der Waals surface area contributed by atoms with Crippen molar-refractivity contribution in [3.05, 3.63) is 47.5 Å². The summed E-state index contributed by atoms with van der Waals surface area (Å²) in [6.45, 7) is 3.01. The zero-order valence-electron chi connectivity index (χ0n) is 16.4. The van der Waals surface area contributed by atoms with Gasteiger partial charge in [0, 0.05) is 5.56 Å². The van der Waals surface area contributed by atoms with Gasteiger partial charge in [0.15, 0.2) is 12.4 Å². The average Bonchev–Trinajstić information content (AvgIpc) is 3.49. The van der Waals surface area contributed by atoms with Gasteiger partial charge in [0.1, 0.15) is 6.04 Å². The van der Waals surface area contributed by atoms with Crippen molar-refractivity contribution in [2.24, 2.45) is 35.5 Å². The van der Waals surface area contributed by atoms with Crippen LogP contribution < -0.4 is 0 Å². The van der Waals surface area contributed by atoms with Gasteiger partial charge in [0.2, 0.25) is 11.8 Å². The van der Waals surface area contributed by atoms with Crippen LogP contribution in [0.15, 0.2) is 36.4 Å². The maximum atomic E-state index is 13.0. The number of carbonyl (C=O) groups is 4. The van der Waals surface area contributed by atoms with Crippen LogP contribution in [0.5, 0.6) is 0 Å². The predicted octanol–water partition coefficient (Wildman–Crippen LogP) is 2.16. The Morgan fingerprint density at radius 2 is 1.59 bits per heavy atom. The molecule has 2 bridgehead atoms. The van der Waals surface area contributed by atoms with Gasteiger partial charge in [0.05, 0.1) is 11.8 Å². The van der Waals surface area contributed by atoms with Crippen LogP contribution in [0.2, 0.25) is 0 Å². The third kappa shape index (κ3) is 2.69. The molecule has 0 N–H and O–H groups in total. The summed E-state index contributed by atoms with van der Waals surface area (Å²) in [5.41, 5.74) is 1.48. The second kappa shape index (κ2) is 6.37. The average molecular weight is 393 g/mol. The van der Waals surface area contributed by atoms with Gasteiger partial charge >= 0.3 is 5.97 Å². The molecule has 6 rings (SSSR count). The molecule has 6 nitrogen and oxygen atoms in total. The van der Waals surface area contributed by atoms with E-state index in [2.05, 4.69) is 12.2 Å². The summed E-state index contributed by atoms with van der Waals surface area (Å²) in [6, 6.07) is 5.96. The Bertz CT molecular complexity index is 913. The van der Waals surface area contributed by atoms with Crippen molar-refractivity contribution in [2.75, 3.05) is 6.61 Å². The number of hydrogen-bond donors (Lipinski definition) is 0. The summed E-state index contributed by atoms with van der Waals surface area (Å²) in [7, 11) is 0. The SMILES string of the molecule is Cc1ccc(C(=O)COC(=O)[C@H](C)N2C(=O)[C@@H]3[C@H]4C=C[C@@H]([C@@H]5C[C@@H]45)[C@H]3C2=O)cc1. The van der Waals surface area contributed by atoms with E-state index < -0.39 is 18.6 Å². The van der Waals surface area contributed by atoms with E-state index in [0.717, 1.165) is 16.9 Å². The Labute approximate surface area is 168 Å². The van der Waals surface area contributed by atoms with Crippen LogP contribution in [0.4, 0.5) is 0 Å². The molecule has 1 aromatic carbocycles. The summed E-state index contributed by atoms with van der Waals surface area (Å²) < 4.78 is 5.16. The Morgan fingerprint density at radius 1 is 1.03 bits per heavy atom. The fourth-order valence-corrected chi connectivity index (χ4v) is 5.55. The van der Waals surface area contributed by atoms with Crippen molar-refractivity contribution in [1.29, 1.82) is 0 Å². The number of carbonyl (C=O) groups excluding carboxylic acids is 4. The summed E-state index contributed by atoms with van der Waals surface area (Å²) in [4.78, 5) is 51.9. The highest BCUT2D eigenvalue weighted by molar-refractivity contribution is 6.09. The number of aryl methyl sites for hydroxylation is 1. The number of hydrogen-bond acceptors (Lipinski definition) is 5. The number of rotatable bonds is 5. The molecule has 1 saturated heterocycles. The molecule has 29 heavy (non-hydrogen) atoms. The maximum Gasteiger partial charge on any atom is 0.329 e. The number of imide groups is 1. The second-order valence-corrected chi connectivity index (χ2v) is 8.77. The molecular formula is C23H23NO5. The monoisotopic (exact) mass is 393 g/mol. The smallest absolute Gasteiger partial charge is 0.329 e. The lowest BCUT2D eigenvalue weighted by Crippen LogP contribution is -2.45. The van der Waals surface area contributed by atoms with Crippen molar-refractivity contribution >= 4 is 23.6 Å². The lowest BCUT2D eigenvalue weighted by molar-refractivity contribution is -0.157. The van der Waals surface area contributed by atoms with Gasteiger partial charge in [0.25, 0.3) is 0 Å². The highest BCUT2D eigenvalue weighted by Gasteiger charge is 2.67. The Kier molecular flexibility index (Phi) is 4.02. The molecule has 1 aliphatic heterocycles. The third-order valence-electron chi connectivity index (χ3n) is 7.14. The summed E-state index contributed by atoms with van der Waals surface area (Å²) in [6.07, 6.45) is 5.28. The van der Waals surface area contributed by atoms with E-state index in [1.165, 1.54) is 6.92 Å². The van der Waals surface area contributed by atoms with Gasteiger partial charge in [-0.05, 0) is 43.9 Å². The topological polar surface area (TPSA) is 80.8 Å². The van der Waals surface area contributed by atoms with E-state index in [1.807, 2.05) is 19.1 Å². The molecule has 0 radical (unpaired) electrons. The highest BCUT2D eigenvalue weighted by atomic mass is 16.5. The normalized spacial score (nSPS) is 34.6. The standard InChI is InChI=1S/C23H23NO5/c1-11-3-5-13(6-4-11)18(25)10-29-23(28)12(2)24-21(26)19-14-7-8-15(17-9-16(14)17)20(19)22(24)27/h3-8,12,14-17,19-20H,9-10H2,1-2H3/t12-,14-,15-,16-,17-,19+,20+/m0/s1. The van der Waals surface area contributed by atoms with Crippen LogP contribution in [0.1, 0.15) is 29.3 Å². The van der Waals surface area contributed by atoms with Gasteiger partial charge in [-0.2, -0.15) is 0 Å². The molecule has 0 aromatic heterocycles. The van der Waals surface area contributed by atoms with Crippen molar-refractivity contribution < 1.29 is 23.9 Å². The first-order valence-electron chi connectivity index (χ1n) is 10.2. The van der Waals surface area contributed by atoms with Crippen LogP contribution in [-0.4, -0.2) is 41.1 Å². The Hall–Kier alpha value is -2.76. The van der Waals surface area contributed by atoms with Crippen LogP contribution in [0, 0.1) is 42.4 Å². The minimum Gasteiger partial charge on any atom is -0.456 e. The number of amides is 2. The van der Waals surface area contributed by atoms with E-state index in [1.54, 1.807) is 12.1 Å². The second-order valence-electron chi connectivity index (χ2n) is 8.77. The first-order valence-corrected chi connectivity index (χ1v) is 10.2. The fraction of sp³-hybridized carbons (Fsp3) is 0.478. The Morgan fingerprint density at radius 3 is 2.14 bits per heavy atom. The Balaban J connectivity index is 1.26. The van der Waals surface area contributed by atoms with Crippen LogP contribution in [0.3, 0.4) is 0 Å². The first-order chi connectivity index (χ1) is 13.9. The van der Waals surface area contributed by atoms with Gasteiger partial charge in [-0.25, -0.2) is 4.79 Å². The van der Waals surface area contributed by atoms with Crippen molar-refractivity contribution in [2.45, 2.75) is 26.3 Å². The molecule has 150 valence electrons. The maximum absolute atomic E-state index is 13.0. The predicted molar refractivity (Wildman–Crippen MR) is 102 cm³/mol. The molecule has 0 spiro atoms. The summed E-state index contributed by atoms with van der Waals surface area (Å²) in [5, 5.41) is 0. The van der Waals surface area contributed by atoms with E-state index >= 15 is 0 Å². The lowest BCUT2D eigenvalue weighted by atomic mass is 9.63.